The van der Waals surface area contributed by atoms with Crippen molar-refractivity contribution in [3.05, 3.63) is 126 Å². The molecule has 0 fully saturated rings. The number of alkyl carbamates (subject to hydrolysis) is 1. The smallest absolute Gasteiger partial charge is 0.407 e. The van der Waals surface area contributed by atoms with E-state index in [2.05, 4.69) is 25.9 Å². The van der Waals surface area contributed by atoms with Gasteiger partial charge < -0.3 is 47.0 Å². The van der Waals surface area contributed by atoms with Crippen LogP contribution in [0.4, 0.5) is 4.79 Å². The molecule has 308 valence electrons. The van der Waals surface area contributed by atoms with Gasteiger partial charge in [-0.15, -0.1) is 0 Å². The van der Waals surface area contributed by atoms with E-state index in [9.17, 15) is 24.3 Å². The minimum Gasteiger partial charge on any atom is -0.508 e. The Bertz CT molecular complexity index is 2270. The quantitative estimate of drug-likeness (QED) is 0.0311. The number of esters is 1. The Morgan fingerprint density at radius 2 is 1.39 bits per heavy atom. The zero-order valence-electron chi connectivity index (χ0n) is 33.4. The molecular formula is C45H51N7O7. The lowest BCUT2D eigenvalue weighted by Crippen LogP contribution is -2.57. The number of benzene rings is 4. The third-order valence-corrected chi connectivity index (χ3v) is 10.0. The number of hydrogen-bond donors (Lipinski definition) is 7. The van der Waals surface area contributed by atoms with E-state index >= 15 is 0 Å². The molecule has 1 aliphatic rings. The molecule has 1 heterocycles. The molecule has 6 rings (SSSR count). The number of carbonyl (C=O) groups is 4. The number of ether oxygens (including phenoxy) is 2. The van der Waals surface area contributed by atoms with E-state index in [4.69, 9.17) is 20.9 Å². The SMILES string of the molecule is CC(C)(C)OC(=O)[C@H](Cc1ccc(O)cc1)NC(=O)[C@H](CCCN=C(N)N)NC(=O)[C@H](Cc1c[nH]c2ccccc12)NC(=O)OCC1c2ccccc2-c2ccccc21. The number of phenolic OH excluding ortho intramolecular Hbond substituents is 1. The van der Waals surface area contributed by atoms with Gasteiger partial charge in [0.25, 0.3) is 0 Å². The highest BCUT2D eigenvalue weighted by atomic mass is 16.6. The van der Waals surface area contributed by atoms with Crippen molar-refractivity contribution in [2.75, 3.05) is 13.2 Å². The summed E-state index contributed by atoms with van der Waals surface area (Å²) in [6.07, 6.45) is 1.45. The van der Waals surface area contributed by atoms with Gasteiger partial charge in [-0.2, -0.15) is 0 Å². The molecule has 4 aromatic carbocycles. The van der Waals surface area contributed by atoms with Crippen molar-refractivity contribution in [2.24, 2.45) is 16.5 Å². The lowest BCUT2D eigenvalue weighted by Gasteiger charge is -2.27. The number of aromatic amines is 1. The maximum atomic E-state index is 14.4. The third kappa shape index (κ3) is 11.0. The largest absolute Gasteiger partial charge is 0.508 e. The summed E-state index contributed by atoms with van der Waals surface area (Å²) in [7, 11) is 0. The van der Waals surface area contributed by atoms with Crippen LogP contribution in [0.25, 0.3) is 22.0 Å². The lowest BCUT2D eigenvalue weighted by atomic mass is 9.98. The number of hydrogen-bond acceptors (Lipinski definition) is 8. The highest BCUT2D eigenvalue weighted by Gasteiger charge is 2.33. The van der Waals surface area contributed by atoms with Crippen molar-refractivity contribution in [1.29, 1.82) is 0 Å². The highest BCUT2D eigenvalue weighted by Crippen LogP contribution is 2.44. The van der Waals surface area contributed by atoms with Crippen molar-refractivity contribution >= 4 is 40.7 Å². The fourth-order valence-electron chi connectivity index (χ4n) is 7.26. The van der Waals surface area contributed by atoms with Crippen molar-refractivity contribution in [2.45, 2.75) is 76.1 Å². The van der Waals surface area contributed by atoms with E-state index in [-0.39, 0.29) is 56.5 Å². The molecule has 0 bridgehead atoms. The molecule has 0 aliphatic heterocycles. The van der Waals surface area contributed by atoms with E-state index in [1.54, 1.807) is 39.1 Å². The maximum Gasteiger partial charge on any atom is 0.407 e. The van der Waals surface area contributed by atoms with Gasteiger partial charge in [0, 0.05) is 42.4 Å². The number of nitrogens with two attached hydrogens (primary N) is 2. The summed E-state index contributed by atoms with van der Waals surface area (Å²) in [5.74, 6) is -2.28. The first kappa shape index (κ1) is 41.8. The summed E-state index contributed by atoms with van der Waals surface area (Å²) in [5, 5.41) is 19.1. The Kier molecular flexibility index (Phi) is 13.2. The number of H-pyrrole nitrogens is 1. The Labute approximate surface area is 342 Å². The maximum absolute atomic E-state index is 14.4. The van der Waals surface area contributed by atoms with Crippen LogP contribution in [0.2, 0.25) is 0 Å². The summed E-state index contributed by atoms with van der Waals surface area (Å²) >= 11 is 0. The molecule has 1 aromatic heterocycles. The number of carbonyl (C=O) groups excluding carboxylic acids is 4. The first-order valence-corrected chi connectivity index (χ1v) is 19.6. The number of rotatable bonds is 16. The normalized spacial score (nSPS) is 13.6. The molecule has 0 saturated carbocycles. The van der Waals surface area contributed by atoms with E-state index in [0.717, 1.165) is 38.7 Å². The average molecular weight is 802 g/mol. The van der Waals surface area contributed by atoms with Gasteiger partial charge >= 0.3 is 12.1 Å². The summed E-state index contributed by atoms with van der Waals surface area (Å²) in [6.45, 7) is 5.35. The molecule has 59 heavy (non-hydrogen) atoms. The van der Waals surface area contributed by atoms with Crippen LogP contribution in [0.15, 0.2) is 108 Å². The second-order valence-corrected chi connectivity index (χ2v) is 15.6. The lowest BCUT2D eigenvalue weighted by molar-refractivity contribution is -0.158. The number of fused-ring (bicyclic) bond motifs is 4. The van der Waals surface area contributed by atoms with Crippen LogP contribution >= 0.6 is 0 Å². The molecule has 14 nitrogen and oxygen atoms in total. The Morgan fingerprint density at radius 3 is 2.05 bits per heavy atom. The first-order valence-electron chi connectivity index (χ1n) is 19.6. The summed E-state index contributed by atoms with van der Waals surface area (Å²) in [4.78, 5) is 62.9. The van der Waals surface area contributed by atoms with Crippen LogP contribution in [0.1, 0.15) is 61.8 Å². The predicted octanol–water partition coefficient (Wildman–Crippen LogP) is 4.93. The monoisotopic (exact) mass is 801 g/mol. The van der Waals surface area contributed by atoms with Crippen LogP contribution in [0.5, 0.6) is 5.75 Å². The summed E-state index contributed by atoms with van der Waals surface area (Å²) in [5.41, 5.74) is 16.7. The van der Waals surface area contributed by atoms with Crippen molar-refractivity contribution < 1.29 is 33.8 Å². The van der Waals surface area contributed by atoms with Crippen LogP contribution in [-0.4, -0.2) is 76.8 Å². The Balaban J connectivity index is 1.23. The first-order chi connectivity index (χ1) is 28.3. The fraction of sp³-hybridized carbons (Fsp3) is 0.311. The summed E-state index contributed by atoms with van der Waals surface area (Å²) < 4.78 is 11.5. The minimum atomic E-state index is -1.18. The van der Waals surface area contributed by atoms with Crippen LogP contribution in [0, 0.1) is 0 Å². The Hall–Kier alpha value is -6.83. The summed E-state index contributed by atoms with van der Waals surface area (Å²) in [6, 6.07) is 26.3. The number of nitrogens with one attached hydrogen (secondary N) is 4. The zero-order chi connectivity index (χ0) is 42.1. The van der Waals surface area contributed by atoms with Gasteiger partial charge in [-0.05, 0) is 85.2 Å². The average Bonchev–Trinajstić information content (AvgIpc) is 3.76. The second-order valence-electron chi connectivity index (χ2n) is 15.6. The topological polar surface area (TPSA) is 223 Å². The van der Waals surface area contributed by atoms with E-state index in [0.29, 0.717) is 5.56 Å². The standard InChI is InChI=1S/C45H51N7O7/c1-45(2,3)59-42(56)39(23-27-18-20-29(53)21-19-27)51-40(54)37(17-10-22-48-43(46)47)50-41(55)38(24-28-25-49-36-16-9-8-11-30(28)36)52-44(57)58-26-35-33-14-6-4-12-31(33)32-13-5-7-15-34(32)35/h4-9,11-16,18-21,25,35,37-39,49,53H,10,17,22-24,26H2,1-3H3,(H,50,55)(H,51,54)(H,52,57)(H4,46,47,48)/t37-,38-,39-/m0/s1. The van der Waals surface area contributed by atoms with Crippen molar-refractivity contribution in [3.8, 4) is 16.9 Å². The van der Waals surface area contributed by atoms with E-state index in [1.165, 1.54) is 12.1 Å². The molecule has 3 atom stereocenters. The number of amides is 3. The number of aromatic hydroxyl groups is 1. The number of aliphatic imine (C=N–C) groups is 1. The van der Waals surface area contributed by atoms with Gasteiger partial charge in [0.1, 0.15) is 36.1 Å². The molecule has 1 aliphatic carbocycles. The molecular weight excluding hydrogens is 751 g/mol. The van der Waals surface area contributed by atoms with Gasteiger partial charge in [0.2, 0.25) is 11.8 Å². The minimum absolute atomic E-state index is 0.0319. The van der Waals surface area contributed by atoms with Crippen LogP contribution < -0.4 is 27.4 Å². The number of phenols is 1. The zero-order valence-corrected chi connectivity index (χ0v) is 33.4. The van der Waals surface area contributed by atoms with Crippen molar-refractivity contribution in [3.63, 3.8) is 0 Å². The molecule has 0 spiro atoms. The predicted molar refractivity (Wildman–Crippen MR) is 225 cm³/mol. The highest BCUT2D eigenvalue weighted by molar-refractivity contribution is 5.94. The van der Waals surface area contributed by atoms with Crippen LogP contribution in [0.3, 0.4) is 0 Å². The van der Waals surface area contributed by atoms with Crippen molar-refractivity contribution in [1.82, 2.24) is 20.9 Å². The fourth-order valence-corrected chi connectivity index (χ4v) is 7.26. The number of aromatic nitrogens is 1. The number of para-hydroxylation sites is 1. The van der Waals surface area contributed by atoms with Gasteiger partial charge in [0.15, 0.2) is 5.96 Å². The van der Waals surface area contributed by atoms with Gasteiger partial charge in [0.05, 0.1) is 0 Å². The van der Waals surface area contributed by atoms with Gasteiger partial charge in [-0.25, -0.2) is 9.59 Å². The molecule has 0 saturated heterocycles. The van der Waals surface area contributed by atoms with Gasteiger partial charge in [-0.1, -0.05) is 78.9 Å². The van der Waals surface area contributed by atoms with Crippen LogP contribution in [-0.2, 0) is 36.7 Å². The molecule has 3 amide bonds. The van der Waals surface area contributed by atoms with Gasteiger partial charge in [-0.3, -0.25) is 14.6 Å². The molecule has 0 unspecified atom stereocenters. The second kappa shape index (κ2) is 18.6. The number of guanidine groups is 1. The van der Waals surface area contributed by atoms with E-state index in [1.807, 2.05) is 72.8 Å². The van der Waals surface area contributed by atoms with E-state index < -0.39 is 47.6 Å². The molecule has 14 heteroatoms. The third-order valence-electron chi connectivity index (χ3n) is 10.0. The molecule has 5 aromatic rings. The Morgan fingerprint density at radius 1 is 0.780 bits per heavy atom. The number of nitrogens with zero attached hydrogens (tertiary/aromatic N) is 1. The molecule has 9 N–H and O–H groups in total. The molecule has 0 radical (unpaired) electrons.